The van der Waals surface area contributed by atoms with Crippen molar-refractivity contribution in [3.63, 3.8) is 0 Å². The number of ketones is 1. The summed E-state index contributed by atoms with van der Waals surface area (Å²) in [4.78, 5) is 11.2. The summed E-state index contributed by atoms with van der Waals surface area (Å²) in [5, 5.41) is 0. The fourth-order valence-electron chi connectivity index (χ4n) is 2.86. The first kappa shape index (κ1) is 23.5. The second-order valence-corrected chi connectivity index (χ2v) is 5.53. The Kier molecular flexibility index (Phi) is 13.1. The molecule has 1 unspecified atom stereocenters. The number of carbonyl (C=O) groups excluding carboxylic acids is 1. The van der Waals surface area contributed by atoms with Crippen molar-refractivity contribution >= 4 is 5.78 Å². The zero-order valence-corrected chi connectivity index (χ0v) is 18.2. The molecule has 2 rings (SSSR count). The summed E-state index contributed by atoms with van der Waals surface area (Å²) in [5.74, 6) is 1.30. The SMILES string of the molecule is CCOC(OCC)C1C=C(COC2=CC(=O)CC2)CCC1.[CH3-].[K+]. The zero-order chi connectivity index (χ0) is 15.1. The van der Waals surface area contributed by atoms with Crippen LogP contribution in [-0.2, 0) is 19.0 Å². The van der Waals surface area contributed by atoms with Gasteiger partial charge in [0.15, 0.2) is 12.1 Å². The Morgan fingerprint density at radius 1 is 1.17 bits per heavy atom. The largest absolute Gasteiger partial charge is 1.00 e. The topological polar surface area (TPSA) is 44.8 Å². The third-order valence-corrected chi connectivity index (χ3v) is 3.88. The van der Waals surface area contributed by atoms with E-state index in [1.54, 1.807) is 6.08 Å². The molecule has 0 aliphatic heterocycles. The van der Waals surface area contributed by atoms with Crippen LogP contribution in [0.3, 0.4) is 0 Å². The van der Waals surface area contributed by atoms with E-state index in [0.29, 0.717) is 32.2 Å². The molecule has 0 bridgehead atoms. The van der Waals surface area contributed by atoms with Gasteiger partial charge in [-0.1, -0.05) is 6.08 Å². The van der Waals surface area contributed by atoms with Gasteiger partial charge in [-0.25, -0.2) is 0 Å². The molecule has 0 fully saturated rings. The maximum atomic E-state index is 11.2. The van der Waals surface area contributed by atoms with Crippen molar-refractivity contribution in [2.24, 2.45) is 5.92 Å². The van der Waals surface area contributed by atoms with Crippen LogP contribution in [0.15, 0.2) is 23.5 Å². The van der Waals surface area contributed by atoms with Crippen LogP contribution in [0.1, 0.15) is 46.0 Å². The van der Waals surface area contributed by atoms with Crippen LogP contribution in [-0.4, -0.2) is 31.9 Å². The predicted octanol–water partition coefficient (Wildman–Crippen LogP) is 0.830. The number of ether oxygens (including phenoxy) is 3. The molecule has 0 saturated heterocycles. The first-order valence-corrected chi connectivity index (χ1v) is 8.02. The number of rotatable bonds is 8. The van der Waals surface area contributed by atoms with E-state index in [1.807, 2.05) is 13.8 Å². The van der Waals surface area contributed by atoms with E-state index < -0.39 is 0 Å². The van der Waals surface area contributed by atoms with Crippen molar-refractivity contribution in [2.75, 3.05) is 19.8 Å². The van der Waals surface area contributed by atoms with Gasteiger partial charge in [-0.2, -0.15) is 0 Å². The summed E-state index contributed by atoms with van der Waals surface area (Å²) >= 11 is 0. The van der Waals surface area contributed by atoms with Gasteiger partial charge >= 0.3 is 51.4 Å². The second-order valence-electron chi connectivity index (χ2n) is 5.53. The molecule has 0 aromatic heterocycles. The molecule has 0 saturated carbocycles. The summed E-state index contributed by atoms with van der Waals surface area (Å²) in [6.07, 6.45) is 8.35. The molecular weight excluding hydrogens is 319 g/mol. The molecule has 126 valence electrons. The van der Waals surface area contributed by atoms with Crippen molar-refractivity contribution in [1.29, 1.82) is 0 Å². The van der Waals surface area contributed by atoms with Crippen LogP contribution in [0.4, 0.5) is 0 Å². The molecular formula is C18H29KO4. The fraction of sp³-hybridized carbons (Fsp3) is 0.667. The third-order valence-electron chi connectivity index (χ3n) is 3.88. The van der Waals surface area contributed by atoms with Crippen molar-refractivity contribution < 1.29 is 70.4 Å². The van der Waals surface area contributed by atoms with Gasteiger partial charge in [0.25, 0.3) is 0 Å². The van der Waals surface area contributed by atoms with Crippen LogP contribution in [0.5, 0.6) is 0 Å². The Morgan fingerprint density at radius 2 is 1.87 bits per heavy atom. The van der Waals surface area contributed by atoms with Crippen molar-refractivity contribution in [1.82, 2.24) is 0 Å². The molecule has 23 heavy (non-hydrogen) atoms. The molecule has 0 amide bonds. The summed E-state index contributed by atoms with van der Waals surface area (Å²) in [6.45, 7) is 5.89. The molecule has 4 nitrogen and oxygen atoms in total. The molecule has 0 radical (unpaired) electrons. The molecule has 0 N–H and O–H groups in total. The number of hydrogen-bond acceptors (Lipinski definition) is 4. The number of carbonyl (C=O) groups is 1. The van der Waals surface area contributed by atoms with E-state index in [1.165, 1.54) is 5.57 Å². The average Bonchev–Trinajstić information content (AvgIpc) is 2.91. The van der Waals surface area contributed by atoms with Gasteiger partial charge in [0.2, 0.25) is 0 Å². The minimum atomic E-state index is -0.150. The Bertz CT molecular complexity index is 411. The van der Waals surface area contributed by atoms with E-state index in [0.717, 1.165) is 31.4 Å². The van der Waals surface area contributed by atoms with Gasteiger partial charge in [0.1, 0.15) is 12.4 Å². The van der Waals surface area contributed by atoms with Crippen LogP contribution in [0, 0.1) is 13.3 Å². The van der Waals surface area contributed by atoms with E-state index in [4.69, 9.17) is 14.2 Å². The normalized spacial score (nSPS) is 20.5. The molecule has 2 aliphatic carbocycles. The van der Waals surface area contributed by atoms with Crippen LogP contribution >= 0.6 is 0 Å². The Labute approximate surface area is 183 Å². The van der Waals surface area contributed by atoms with Crippen LogP contribution < -0.4 is 51.4 Å². The van der Waals surface area contributed by atoms with Gasteiger partial charge in [-0.05, 0) is 38.7 Å². The van der Waals surface area contributed by atoms with Crippen molar-refractivity contribution in [2.45, 2.75) is 52.2 Å². The Hall–Kier alpha value is 0.506. The summed E-state index contributed by atoms with van der Waals surface area (Å²) < 4.78 is 17.1. The predicted molar refractivity (Wildman–Crippen MR) is 87.2 cm³/mol. The van der Waals surface area contributed by atoms with Crippen LogP contribution in [0.25, 0.3) is 0 Å². The molecule has 2 aliphatic rings. The Morgan fingerprint density at radius 3 is 2.43 bits per heavy atom. The van der Waals surface area contributed by atoms with Gasteiger partial charge in [0, 0.05) is 38.0 Å². The minimum absolute atomic E-state index is 0. The zero-order valence-electron chi connectivity index (χ0n) is 15.1. The monoisotopic (exact) mass is 348 g/mol. The second kappa shape index (κ2) is 12.8. The van der Waals surface area contributed by atoms with Crippen molar-refractivity contribution in [3.05, 3.63) is 30.9 Å². The standard InChI is InChI=1S/C17H26O4.CH3.K/c1-3-19-17(20-4-2)14-7-5-6-13(10-14)12-21-16-9-8-15(18)11-16;;/h10-11,14,17H,3-9,12H2,1-2H3;1H3;/q;-1;+1. The summed E-state index contributed by atoms with van der Waals surface area (Å²) in [7, 11) is 0. The van der Waals surface area contributed by atoms with E-state index in [9.17, 15) is 4.79 Å². The maximum absolute atomic E-state index is 11.2. The van der Waals surface area contributed by atoms with Gasteiger partial charge in [-0.3, -0.25) is 4.79 Å². The molecule has 0 aromatic carbocycles. The van der Waals surface area contributed by atoms with Crippen molar-refractivity contribution in [3.8, 4) is 0 Å². The quantitative estimate of drug-likeness (QED) is 0.282. The maximum Gasteiger partial charge on any atom is 1.00 e. The van der Waals surface area contributed by atoms with Gasteiger partial charge in [0.05, 0.1) is 0 Å². The van der Waals surface area contributed by atoms with Crippen LogP contribution in [0.2, 0.25) is 0 Å². The summed E-state index contributed by atoms with van der Waals surface area (Å²) in [6, 6.07) is 0. The van der Waals surface area contributed by atoms with Gasteiger partial charge < -0.3 is 21.6 Å². The number of hydrogen-bond donors (Lipinski definition) is 0. The smallest absolute Gasteiger partial charge is 0.493 e. The molecule has 0 aromatic rings. The first-order valence-electron chi connectivity index (χ1n) is 8.02. The molecule has 0 spiro atoms. The van der Waals surface area contributed by atoms with E-state index >= 15 is 0 Å². The molecule has 1 atom stereocenters. The summed E-state index contributed by atoms with van der Waals surface area (Å²) in [5.41, 5.74) is 1.29. The molecule has 0 heterocycles. The minimum Gasteiger partial charge on any atom is -0.493 e. The number of allylic oxidation sites excluding steroid dienone is 2. The molecule has 5 heteroatoms. The Balaban J connectivity index is 0.00000242. The fourth-order valence-corrected chi connectivity index (χ4v) is 2.86. The third kappa shape index (κ3) is 7.95. The van der Waals surface area contributed by atoms with Gasteiger partial charge in [-0.15, -0.1) is 0 Å². The van der Waals surface area contributed by atoms with E-state index in [-0.39, 0.29) is 70.9 Å². The average molecular weight is 349 g/mol. The van der Waals surface area contributed by atoms with E-state index in [2.05, 4.69) is 6.08 Å². The first-order chi connectivity index (χ1) is 10.2.